The molecule has 1 aromatic heterocycles. The molecular formula is C21H18F2N2O2S. The molecule has 3 unspecified atom stereocenters. The molecule has 4 rings (SSSR count). The minimum absolute atomic E-state index is 0.0671. The highest BCUT2D eigenvalue weighted by atomic mass is 32.2. The fraction of sp³-hybridized carbons (Fsp3) is 0.286. The quantitative estimate of drug-likeness (QED) is 0.695. The predicted molar refractivity (Wildman–Crippen MR) is 102 cm³/mol. The van der Waals surface area contributed by atoms with E-state index in [1.807, 2.05) is 6.07 Å². The molecule has 0 radical (unpaired) electrons. The summed E-state index contributed by atoms with van der Waals surface area (Å²) in [5, 5.41) is 10.1. The number of aromatic nitrogens is 1. The van der Waals surface area contributed by atoms with Gasteiger partial charge in [0, 0.05) is 35.3 Å². The van der Waals surface area contributed by atoms with E-state index in [9.17, 15) is 22.5 Å². The van der Waals surface area contributed by atoms with Crippen molar-refractivity contribution in [3.05, 3.63) is 70.9 Å². The zero-order valence-corrected chi connectivity index (χ0v) is 15.9. The minimum atomic E-state index is -3.22. The van der Waals surface area contributed by atoms with Crippen LogP contribution in [0.5, 0.6) is 0 Å². The van der Waals surface area contributed by atoms with E-state index in [0.717, 1.165) is 17.0 Å². The second kappa shape index (κ2) is 6.71. The maximum Gasteiger partial charge on any atom is 0.151 e. The molecule has 144 valence electrons. The lowest BCUT2D eigenvalue weighted by Gasteiger charge is -2.18. The van der Waals surface area contributed by atoms with Crippen molar-refractivity contribution in [2.24, 2.45) is 11.8 Å². The lowest BCUT2D eigenvalue weighted by atomic mass is 9.85. The molecule has 0 bridgehead atoms. The van der Waals surface area contributed by atoms with Gasteiger partial charge < -0.3 is 4.98 Å². The average molecular weight is 400 g/mol. The van der Waals surface area contributed by atoms with E-state index in [1.54, 1.807) is 18.3 Å². The zero-order valence-electron chi connectivity index (χ0n) is 15.1. The molecule has 1 aliphatic rings. The Morgan fingerprint density at radius 1 is 1.25 bits per heavy atom. The molecule has 3 aromatic rings. The van der Waals surface area contributed by atoms with Gasteiger partial charge in [0.05, 0.1) is 17.7 Å². The van der Waals surface area contributed by atoms with E-state index in [1.165, 1.54) is 18.4 Å². The summed E-state index contributed by atoms with van der Waals surface area (Å²) in [6, 6.07) is 11.1. The molecule has 0 spiro atoms. The molecule has 7 heteroatoms. The van der Waals surface area contributed by atoms with Crippen LogP contribution in [-0.2, 0) is 15.6 Å². The van der Waals surface area contributed by atoms with E-state index in [2.05, 4.69) is 11.1 Å². The Bertz CT molecular complexity index is 1210. The number of sulfone groups is 1. The van der Waals surface area contributed by atoms with E-state index in [-0.39, 0.29) is 17.6 Å². The van der Waals surface area contributed by atoms with Crippen molar-refractivity contribution < 1.29 is 17.2 Å². The Hall–Kier alpha value is -2.72. The summed E-state index contributed by atoms with van der Waals surface area (Å²) in [5.74, 6) is -2.06. The highest BCUT2D eigenvalue weighted by Gasteiger charge is 2.46. The van der Waals surface area contributed by atoms with Crippen LogP contribution in [0.4, 0.5) is 8.78 Å². The largest absolute Gasteiger partial charge is 0.361 e. The molecule has 1 fully saturated rings. The normalized spacial score (nSPS) is 20.1. The molecule has 3 atom stereocenters. The molecular weight excluding hydrogens is 382 g/mol. The van der Waals surface area contributed by atoms with Crippen LogP contribution in [0.1, 0.15) is 29.0 Å². The second-order valence-electron chi connectivity index (χ2n) is 7.43. The van der Waals surface area contributed by atoms with Gasteiger partial charge in [0.25, 0.3) is 0 Å². The summed E-state index contributed by atoms with van der Waals surface area (Å²) in [6.07, 6.45) is 3.57. The van der Waals surface area contributed by atoms with E-state index < -0.39 is 27.4 Å². The Balaban J connectivity index is 1.87. The van der Waals surface area contributed by atoms with Gasteiger partial charge in [-0.15, -0.1) is 0 Å². The number of halogens is 2. The Kier molecular flexibility index (Phi) is 4.47. The number of nitrogens with zero attached hydrogens (tertiary/aromatic N) is 1. The summed E-state index contributed by atoms with van der Waals surface area (Å²) in [6.45, 7) is 0. The first kappa shape index (κ1) is 18.6. The number of para-hydroxylation sites is 1. The Morgan fingerprint density at radius 2 is 2.04 bits per heavy atom. The molecule has 1 heterocycles. The van der Waals surface area contributed by atoms with Crippen molar-refractivity contribution in [3.63, 3.8) is 0 Å². The Labute approximate surface area is 161 Å². The number of rotatable bonds is 5. The fourth-order valence-electron chi connectivity index (χ4n) is 4.01. The topological polar surface area (TPSA) is 73.7 Å². The number of benzene rings is 2. The van der Waals surface area contributed by atoms with Crippen LogP contribution >= 0.6 is 0 Å². The molecule has 4 nitrogen and oxygen atoms in total. The number of hydrogen-bond acceptors (Lipinski definition) is 3. The first-order valence-electron chi connectivity index (χ1n) is 8.89. The van der Waals surface area contributed by atoms with Gasteiger partial charge in [0.15, 0.2) is 9.84 Å². The number of nitrogens with one attached hydrogen (secondary N) is 1. The lowest BCUT2D eigenvalue weighted by Crippen LogP contribution is -2.07. The molecule has 0 amide bonds. The number of nitriles is 1. The second-order valence-corrected chi connectivity index (χ2v) is 9.57. The highest BCUT2D eigenvalue weighted by molar-refractivity contribution is 7.89. The summed E-state index contributed by atoms with van der Waals surface area (Å²) >= 11 is 0. The molecule has 1 N–H and O–H groups in total. The van der Waals surface area contributed by atoms with Crippen molar-refractivity contribution >= 4 is 20.7 Å². The van der Waals surface area contributed by atoms with Crippen LogP contribution in [0, 0.1) is 34.8 Å². The molecule has 0 aliphatic heterocycles. The third kappa shape index (κ3) is 3.40. The van der Waals surface area contributed by atoms with Gasteiger partial charge >= 0.3 is 0 Å². The maximum absolute atomic E-state index is 14.6. The van der Waals surface area contributed by atoms with Gasteiger partial charge in [0.2, 0.25) is 0 Å². The third-order valence-electron chi connectivity index (χ3n) is 5.32. The van der Waals surface area contributed by atoms with Crippen molar-refractivity contribution in [1.29, 1.82) is 5.26 Å². The number of fused-ring (bicyclic) bond motifs is 1. The van der Waals surface area contributed by atoms with Crippen LogP contribution in [0.3, 0.4) is 0 Å². The van der Waals surface area contributed by atoms with Gasteiger partial charge in [0.1, 0.15) is 11.6 Å². The van der Waals surface area contributed by atoms with Crippen molar-refractivity contribution in [1.82, 2.24) is 4.98 Å². The highest BCUT2D eigenvalue weighted by Crippen LogP contribution is 2.52. The van der Waals surface area contributed by atoms with E-state index in [0.29, 0.717) is 23.1 Å². The number of aromatic amines is 1. The molecule has 28 heavy (non-hydrogen) atoms. The SMILES string of the molecule is CS(=O)(=O)Cc1cccc2c(C(c3ccc(F)cc3F)C3CC3C#N)c[nH]c12. The predicted octanol–water partition coefficient (Wildman–Crippen LogP) is 4.28. The Morgan fingerprint density at radius 3 is 2.68 bits per heavy atom. The van der Waals surface area contributed by atoms with E-state index >= 15 is 0 Å². The van der Waals surface area contributed by atoms with Gasteiger partial charge in [-0.1, -0.05) is 24.3 Å². The first-order valence-corrected chi connectivity index (χ1v) is 11.0. The smallest absolute Gasteiger partial charge is 0.151 e. The third-order valence-corrected chi connectivity index (χ3v) is 6.15. The van der Waals surface area contributed by atoms with Gasteiger partial charge in [-0.05, 0) is 35.1 Å². The number of hydrogen-bond donors (Lipinski definition) is 1. The van der Waals surface area contributed by atoms with Crippen molar-refractivity contribution in [2.45, 2.75) is 18.1 Å². The van der Waals surface area contributed by atoms with Gasteiger partial charge in [-0.3, -0.25) is 0 Å². The van der Waals surface area contributed by atoms with E-state index in [4.69, 9.17) is 0 Å². The standard InChI is InChI=1S/C21H18F2N2O2S/c1-28(26,27)11-12-3-2-4-15-18(10-25-21(12)15)20(17-7-13(17)9-24)16-6-5-14(22)8-19(16)23/h2-6,8,10,13,17,20,25H,7,11H2,1H3. The van der Waals surface area contributed by atoms with Crippen LogP contribution < -0.4 is 0 Å². The van der Waals surface area contributed by atoms with Crippen LogP contribution in [0.25, 0.3) is 10.9 Å². The van der Waals surface area contributed by atoms with Gasteiger partial charge in [-0.2, -0.15) is 5.26 Å². The maximum atomic E-state index is 14.6. The summed E-state index contributed by atoms with van der Waals surface area (Å²) in [4.78, 5) is 3.13. The first-order chi connectivity index (χ1) is 13.3. The zero-order chi connectivity index (χ0) is 20.1. The van der Waals surface area contributed by atoms with Crippen LogP contribution in [0.15, 0.2) is 42.6 Å². The molecule has 1 saturated carbocycles. The van der Waals surface area contributed by atoms with Crippen molar-refractivity contribution in [3.8, 4) is 6.07 Å². The molecule has 1 aliphatic carbocycles. The number of H-pyrrole nitrogens is 1. The van der Waals surface area contributed by atoms with Crippen molar-refractivity contribution in [2.75, 3.05) is 6.26 Å². The fourth-order valence-corrected chi connectivity index (χ4v) is 4.82. The summed E-state index contributed by atoms with van der Waals surface area (Å²) < 4.78 is 51.5. The van der Waals surface area contributed by atoms with Gasteiger partial charge in [-0.25, -0.2) is 17.2 Å². The minimum Gasteiger partial charge on any atom is -0.361 e. The van der Waals surface area contributed by atoms with Crippen LogP contribution in [0.2, 0.25) is 0 Å². The summed E-state index contributed by atoms with van der Waals surface area (Å²) in [7, 11) is -3.22. The molecule has 2 aromatic carbocycles. The van der Waals surface area contributed by atoms with Crippen LogP contribution in [-0.4, -0.2) is 19.7 Å². The lowest BCUT2D eigenvalue weighted by molar-refractivity contribution is 0.551. The monoisotopic (exact) mass is 400 g/mol. The average Bonchev–Trinajstić information content (AvgIpc) is 3.26. The summed E-state index contributed by atoms with van der Waals surface area (Å²) in [5.41, 5.74) is 2.46. The molecule has 0 saturated heterocycles.